The van der Waals surface area contributed by atoms with Gasteiger partial charge in [0.2, 0.25) is 17.7 Å². The van der Waals surface area contributed by atoms with Crippen LogP contribution in [0.1, 0.15) is 16.4 Å². The summed E-state index contributed by atoms with van der Waals surface area (Å²) in [5.74, 6) is -1.43. The molecule has 5 rings (SSSR count). The highest BCUT2D eigenvalue weighted by Gasteiger charge is 2.52. The Morgan fingerprint density at radius 2 is 1.79 bits per heavy atom. The molecule has 1 fully saturated rings. The van der Waals surface area contributed by atoms with Gasteiger partial charge in [0.05, 0.1) is 18.1 Å². The van der Waals surface area contributed by atoms with Crippen molar-refractivity contribution in [2.75, 3.05) is 12.4 Å². The standard InChI is InChI=1S/C23H19N3O5S2/c1-31-14-9-7-13(8-10-14)24-15(27)11-26-22-19(33-23(26)30)16(12-5-3-2-4-6-12)17-18(32-22)21(29)25-20(17)28/h2-10,16-18H,11H2,1H3,(H,24,27)(H,25,28,29)/t16-,17?,18?/m0/s1. The number of ether oxygens (including phenoxy) is 1. The molecule has 2 N–H and O–H groups in total. The molecule has 8 nitrogen and oxygen atoms in total. The lowest BCUT2D eigenvalue weighted by Gasteiger charge is -2.30. The molecule has 3 amide bonds. The predicted molar refractivity (Wildman–Crippen MR) is 125 cm³/mol. The van der Waals surface area contributed by atoms with E-state index in [-0.39, 0.29) is 29.1 Å². The number of carbonyl (C=O) groups excluding carboxylic acids is 3. The summed E-state index contributed by atoms with van der Waals surface area (Å²) in [7, 11) is 1.56. The molecule has 0 spiro atoms. The third-order valence-corrected chi connectivity index (χ3v) is 8.34. The van der Waals surface area contributed by atoms with Crippen molar-refractivity contribution in [1.29, 1.82) is 0 Å². The van der Waals surface area contributed by atoms with Gasteiger partial charge in [-0.25, -0.2) is 0 Å². The Morgan fingerprint density at radius 3 is 2.48 bits per heavy atom. The minimum absolute atomic E-state index is 0.196. The molecule has 2 aliphatic rings. The molecule has 0 saturated carbocycles. The number of carbonyl (C=O) groups is 3. The van der Waals surface area contributed by atoms with Crippen LogP contribution in [0.25, 0.3) is 0 Å². The van der Waals surface area contributed by atoms with Crippen LogP contribution in [0.3, 0.4) is 0 Å². The summed E-state index contributed by atoms with van der Waals surface area (Å²) in [6, 6.07) is 16.3. The number of benzene rings is 2. The zero-order chi connectivity index (χ0) is 23.1. The third-order valence-electron chi connectivity index (χ3n) is 5.72. The van der Waals surface area contributed by atoms with Gasteiger partial charge in [-0.2, -0.15) is 0 Å². The Balaban J connectivity index is 1.49. The summed E-state index contributed by atoms with van der Waals surface area (Å²) in [6.07, 6.45) is 0. The minimum atomic E-state index is -0.653. The number of fused-ring (bicyclic) bond motifs is 2. The number of amides is 3. The number of hydrogen-bond acceptors (Lipinski definition) is 7. The van der Waals surface area contributed by atoms with Crippen LogP contribution in [0.4, 0.5) is 5.69 Å². The van der Waals surface area contributed by atoms with E-state index in [0.29, 0.717) is 21.3 Å². The van der Waals surface area contributed by atoms with Gasteiger partial charge in [0.15, 0.2) is 0 Å². The van der Waals surface area contributed by atoms with Crippen molar-refractivity contribution in [3.8, 4) is 5.75 Å². The fourth-order valence-electron chi connectivity index (χ4n) is 4.21. The lowest BCUT2D eigenvalue weighted by atomic mass is 9.83. The normalized spacial score (nSPS) is 21.2. The molecule has 2 aromatic carbocycles. The lowest BCUT2D eigenvalue weighted by molar-refractivity contribution is -0.126. The largest absolute Gasteiger partial charge is 0.497 e. The number of nitrogens with one attached hydrogen (secondary N) is 2. The van der Waals surface area contributed by atoms with Gasteiger partial charge in [-0.1, -0.05) is 53.4 Å². The second-order valence-electron chi connectivity index (χ2n) is 7.71. The van der Waals surface area contributed by atoms with Gasteiger partial charge in [0, 0.05) is 16.5 Å². The molecule has 3 aromatic rings. The summed E-state index contributed by atoms with van der Waals surface area (Å²) >= 11 is 2.21. The quantitative estimate of drug-likeness (QED) is 0.542. The van der Waals surface area contributed by atoms with Crippen LogP contribution in [-0.4, -0.2) is 34.6 Å². The van der Waals surface area contributed by atoms with Gasteiger partial charge in [-0.05, 0) is 29.8 Å². The van der Waals surface area contributed by atoms with Crippen molar-refractivity contribution in [1.82, 2.24) is 9.88 Å². The molecule has 3 atom stereocenters. The summed E-state index contributed by atoms with van der Waals surface area (Å²) in [6.45, 7) is -0.196. The Morgan fingerprint density at radius 1 is 1.06 bits per heavy atom. The van der Waals surface area contributed by atoms with Gasteiger partial charge in [0.25, 0.3) is 0 Å². The Hall–Kier alpha value is -3.37. The second-order valence-corrected chi connectivity index (χ2v) is 9.83. The molecular formula is C23H19N3O5S2. The first-order valence-electron chi connectivity index (χ1n) is 10.2. The van der Waals surface area contributed by atoms with E-state index < -0.39 is 17.1 Å². The van der Waals surface area contributed by atoms with Crippen LogP contribution in [0.15, 0.2) is 64.4 Å². The third kappa shape index (κ3) is 3.85. The number of nitrogens with zero attached hydrogens (tertiary/aromatic N) is 1. The van der Waals surface area contributed by atoms with Crippen LogP contribution in [0.5, 0.6) is 5.75 Å². The van der Waals surface area contributed by atoms with E-state index in [2.05, 4.69) is 10.6 Å². The Bertz CT molecular complexity index is 1300. The minimum Gasteiger partial charge on any atom is -0.497 e. The smallest absolute Gasteiger partial charge is 0.308 e. The Labute approximate surface area is 197 Å². The molecule has 0 radical (unpaired) electrons. The monoisotopic (exact) mass is 481 g/mol. The van der Waals surface area contributed by atoms with Gasteiger partial charge in [-0.15, -0.1) is 0 Å². The molecule has 10 heteroatoms. The van der Waals surface area contributed by atoms with E-state index in [4.69, 9.17) is 4.74 Å². The lowest BCUT2D eigenvalue weighted by Crippen LogP contribution is -2.32. The van der Waals surface area contributed by atoms with E-state index in [1.54, 1.807) is 31.4 Å². The fourth-order valence-corrected chi connectivity index (χ4v) is 6.95. The molecule has 1 aromatic heterocycles. The number of methoxy groups -OCH3 is 1. The molecule has 2 aliphatic heterocycles. The number of rotatable bonds is 5. The SMILES string of the molecule is COc1ccc(NC(=O)Cn2c3c(sc2=O)[C@@H](c2ccccc2)C2C(=O)NC(=O)C2S3)cc1. The molecule has 33 heavy (non-hydrogen) atoms. The number of thioether (sulfide) groups is 1. The van der Waals surface area contributed by atoms with Crippen LogP contribution < -0.4 is 20.2 Å². The van der Waals surface area contributed by atoms with Crippen molar-refractivity contribution in [3.63, 3.8) is 0 Å². The van der Waals surface area contributed by atoms with Crippen molar-refractivity contribution < 1.29 is 19.1 Å². The number of aromatic nitrogens is 1. The average molecular weight is 482 g/mol. The predicted octanol–water partition coefficient (Wildman–Crippen LogP) is 2.44. The average Bonchev–Trinajstić information content (AvgIpc) is 3.28. The van der Waals surface area contributed by atoms with Crippen molar-refractivity contribution in [2.24, 2.45) is 5.92 Å². The molecular weight excluding hydrogens is 462 g/mol. The fraction of sp³-hybridized carbons (Fsp3) is 0.217. The van der Waals surface area contributed by atoms with Gasteiger partial charge < -0.3 is 10.1 Å². The highest BCUT2D eigenvalue weighted by atomic mass is 32.2. The number of imide groups is 1. The van der Waals surface area contributed by atoms with Crippen LogP contribution in [0.2, 0.25) is 0 Å². The number of anilines is 1. The highest BCUT2D eigenvalue weighted by molar-refractivity contribution is 8.00. The first-order chi connectivity index (χ1) is 16.0. The molecule has 0 bridgehead atoms. The maximum atomic E-state index is 12.9. The summed E-state index contributed by atoms with van der Waals surface area (Å²) in [5.41, 5.74) is 1.43. The second kappa shape index (κ2) is 8.53. The van der Waals surface area contributed by atoms with Crippen LogP contribution in [-0.2, 0) is 20.9 Å². The van der Waals surface area contributed by atoms with E-state index in [1.807, 2.05) is 30.3 Å². The number of hydrogen-bond donors (Lipinski definition) is 2. The summed E-state index contributed by atoms with van der Waals surface area (Å²) in [5, 5.41) is 5.12. The van der Waals surface area contributed by atoms with Crippen molar-refractivity contribution >= 4 is 46.5 Å². The molecule has 2 unspecified atom stereocenters. The van der Waals surface area contributed by atoms with Crippen molar-refractivity contribution in [3.05, 3.63) is 74.7 Å². The van der Waals surface area contributed by atoms with Gasteiger partial charge >= 0.3 is 4.87 Å². The molecule has 168 valence electrons. The summed E-state index contributed by atoms with van der Waals surface area (Å²) < 4.78 is 6.51. The first kappa shape index (κ1) is 21.5. The maximum Gasteiger partial charge on any atom is 0.308 e. The molecule has 0 aliphatic carbocycles. The topological polar surface area (TPSA) is 106 Å². The Kier molecular flexibility index (Phi) is 5.55. The van der Waals surface area contributed by atoms with Crippen molar-refractivity contribution in [2.45, 2.75) is 22.7 Å². The highest BCUT2D eigenvalue weighted by Crippen LogP contribution is 2.51. The molecule has 3 heterocycles. The zero-order valence-corrected chi connectivity index (χ0v) is 19.1. The van der Waals surface area contributed by atoms with Crippen LogP contribution >= 0.6 is 23.1 Å². The van der Waals surface area contributed by atoms with Gasteiger partial charge in [-0.3, -0.25) is 29.1 Å². The first-order valence-corrected chi connectivity index (χ1v) is 11.9. The maximum absolute atomic E-state index is 12.9. The summed E-state index contributed by atoms with van der Waals surface area (Å²) in [4.78, 5) is 51.2. The van der Waals surface area contributed by atoms with E-state index in [1.165, 1.54) is 16.3 Å². The zero-order valence-electron chi connectivity index (χ0n) is 17.4. The van der Waals surface area contributed by atoms with E-state index in [0.717, 1.165) is 16.9 Å². The van der Waals surface area contributed by atoms with Crippen LogP contribution in [0, 0.1) is 5.92 Å². The number of thiazole rings is 1. The van der Waals surface area contributed by atoms with E-state index >= 15 is 0 Å². The molecule has 1 saturated heterocycles. The van der Waals surface area contributed by atoms with E-state index in [9.17, 15) is 19.2 Å². The van der Waals surface area contributed by atoms with Gasteiger partial charge in [0.1, 0.15) is 17.5 Å².